The molecule has 1 aromatic rings. The molecule has 1 N–H and O–H groups in total. The van der Waals surface area contributed by atoms with E-state index in [-0.39, 0.29) is 5.41 Å². The monoisotopic (exact) mass is 278 g/mol. The molecule has 0 saturated heterocycles. The van der Waals surface area contributed by atoms with Crippen molar-refractivity contribution in [1.29, 1.82) is 0 Å². The Bertz CT molecular complexity index is 484. The van der Waals surface area contributed by atoms with Crippen molar-refractivity contribution in [2.24, 2.45) is 5.41 Å². The second-order valence-corrected chi connectivity index (χ2v) is 5.74. The molecule has 0 unspecified atom stereocenters. The molecule has 0 aliphatic heterocycles. The van der Waals surface area contributed by atoms with Crippen LogP contribution in [0.1, 0.15) is 32.8 Å². The van der Waals surface area contributed by atoms with E-state index >= 15 is 0 Å². The van der Waals surface area contributed by atoms with Crippen molar-refractivity contribution in [2.75, 3.05) is 13.7 Å². The first-order valence-corrected chi connectivity index (χ1v) is 6.54. The van der Waals surface area contributed by atoms with Crippen LogP contribution < -0.4 is 9.47 Å². The summed E-state index contributed by atoms with van der Waals surface area (Å²) >= 11 is 0. The molecular weight excluding hydrogens is 256 g/mol. The van der Waals surface area contributed by atoms with E-state index in [1.165, 1.54) is 6.08 Å². The largest absolute Gasteiger partial charge is 0.493 e. The van der Waals surface area contributed by atoms with Crippen LogP contribution in [0.15, 0.2) is 24.3 Å². The maximum absolute atomic E-state index is 10.5. The summed E-state index contributed by atoms with van der Waals surface area (Å²) in [6, 6.07) is 5.35. The minimum absolute atomic E-state index is 0.220. The molecule has 0 aliphatic rings. The van der Waals surface area contributed by atoms with Crippen LogP contribution >= 0.6 is 0 Å². The van der Waals surface area contributed by atoms with Gasteiger partial charge in [0.1, 0.15) is 0 Å². The van der Waals surface area contributed by atoms with Gasteiger partial charge in [0.2, 0.25) is 0 Å². The summed E-state index contributed by atoms with van der Waals surface area (Å²) in [5.41, 5.74) is 0.977. The summed E-state index contributed by atoms with van der Waals surface area (Å²) in [5, 5.41) is 8.61. The number of carboxylic acids is 1. The average molecular weight is 278 g/mol. The van der Waals surface area contributed by atoms with Gasteiger partial charge in [-0.05, 0) is 35.6 Å². The van der Waals surface area contributed by atoms with Crippen molar-refractivity contribution in [3.05, 3.63) is 29.8 Å². The van der Waals surface area contributed by atoms with Crippen LogP contribution in [0, 0.1) is 5.41 Å². The molecule has 110 valence electrons. The highest BCUT2D eigenvalue weighted by Gasteiger charge is 2.11. The van der Waals surface area contributed by atoms with Crippen LogP contribution in [0.5, 0.6) is 11.5 Å². The Hall–Kier alpha value is -1.97. The molecule has 0 aromatic heterocycles. The van der Waals surface area contributed by atoms with E-state index in [9.17, 15) is 4.79 Å². The Morgan fingerprint density at radius 3 is 2.55 bits per heavy atom. The highest BCUT2D eigenvalue weighted by atomic mass is 16.5. The zero-order valence-corrected chi connectivity index (χ0v) is 12.5. The molecule has 20 heavy (non-hydrogen) atoms. The lowest BCUT2D eigenvalue weighted by Gasteiger charge is -2.19. The van der Waals surface area contributed by atoms with Crippen LogP contribution in [0.2, 0.25) is 0 Å². The van der Waals surface area contributed by atoms with Gasteiger partial charge >= 0.3 is 5.97 Å². The number of carboxylic acid groups (broad SMARTS) is 1. The minimum Gasteiger partial charge on any atom is -0.493 e. The van der Waals surface area contributed by atoms with Gasteiger partial charge in [-0.15, -0.1) is 0 Å². The molecule has 0 heterocycles. The van der Waals surface area contributed by atoms with E-state index in [0.29, 0.717) is 18.1 Å². The van der Waals surface area contributed by atoms with Gasteiger partial charge in [-0.2, -0.15) is 0 Å². The van der Waals surface area contributed by atoms with Gasteiger partial charge in [0, 0.05) is 6.08 Å². The van der Waals surface area contributed by atoms with E-state index in [0.717, 1.165) is 18.1 Å². The van der Waals surface area contributed by atoms with Gasteiger partial charge in [-0.1, -0.05) is 26.8 Å². The summed E-state index contributed by atoms with van der Waals surface area (Å²) in [6.45, 7) is 7.10. The van der Waals surface area contributed by atoms with Crippen LogP contribution in [-0.2, 0) is 4.79 Å². The standard InChI is InChI=1S/C16H22O4/c1-16(2,3)9-10-20-13-7-5-12(6-8-15(17)18)11-14(13)19-4/h5-8,11H,9-10H2,1-4H3,(H,17,18). The maximum Gasteiger partial charge on any atom is 0.328 e. The van der Waals surface area contributed by atoms with Crippen LogP contribution in [0.4, 0.5) is 0 Å². The van der Waals surface area contributed by atoms with Gasteiger partial charge in [-0.25, -0.2) is 4.79 Å². The number of methoxy groups -OCH3 is 1. The maximum atomic E-state index is 10.5. The molecule has 0 amide bonds. The van der Waals surface area contributed by atoms with E-state index in [4.69, 9.17) is 14.6 Å². The Labute approximate surface area is 120 Å². The predicted molar refractivity (Wildman–Crippen MR) is 79.2 cm³/mol. The lowest BCUT2D eigenvalue weighted by Crippen LogP contribution is -2.11. The number of carbonyl (C=O) groups is 1. The molecule has 0 aliphatic carbocycles. The molecular formula is C16H22O4. The third-order valence-electron chi connectivity index (χ3n) is 2.72. The van der Waals surface area contributed by atoms with Crippen molar-refractivity contribution >= 4 is 12.0 Å². The van der Waals surface area contributed by atoms with Gasteiger partial charge in [0.05, 0.1) is 13.7 Å². The Kier molecular flexibility index (Phi) is 5.62. The van der Waals surface area contributed by atoms with E-state index in [2.05, 4.69) is 20.8 Å². The first kappa shape index (κ1) is 16.1. The van der Waals surface area contributed by atoms with E-state index < -0.39 is 5.97 Å². The van der Waals surface area contributed by atoms with Crippen molar-refractivity contribution in [3.8, 4) is 11.5 Å². The summed E-state index contributed by atoms with van der Waals surface area (Å²) in [4.78, 5) is 10.5. The normalized spacial score (nSPS) is 11.6. The molecule has 0 fully saturated rings. The highest BCUT2D eigenvalue weighted by Crippen LogP contribution is 2.29. The first-order chi connectivity index (χ1) is 9.31. The van der Waals surface area contributed by atoms with Crippen LogP contribution in [0.25, 0.3) is 6.08 Å². The molecule has 0 bridgehead atoms. The summed E-state index contributed by atoms with van der Waals surface area (Å²) in [5.74, 6) is 0.296. The number of ether oxygens (including phenoxy) is 2. The van der Waals surface area contributed by atoms with Crippen molar-refractivity contribution < 1.29 is 19.4 Å². The number of benzene rings is 1. The van der Waals surface area contributed by atoms with Gasteiger partial charge in [0.25, 0.3) is 0 Å². The zero-order chi connectivity index (χ0) is 15.2. The van der Waals surface area contributed by atoms with Crippen molar-refractivity contribution in [2.45, 2.75) is 27.2 Å². The topological polar surface area (TPSA) is 55.8 Å². The summed E-state index contributed by atoms with van der Waals surface area (Å²) in [7, 11) is 1.57. The lowest BCUT2D eigenvalue weighted by molar-refractivity contribution is -0.131. The predicted octanol–water partition coefficient (Wildman–Crippen LogP) is 3.61. The molecule has 0 saturated carbocycles. The second-order valence-electron chi connectivity index (χ2n) is 5.74. The smallest absolute Gasteiger partial charge is 0.328 e. The fraction of sp³-hybridized carbons (Fsp3) is 0.438. The lowest BCUT2D eigenvalue weighted by atomic mass is 9.93. The Morgan fingerprint density at radius 1 is 1.30 bits per heavy atom. The average Bonchev–Trinajstić information content (AvgIpc) is 2.35. The van der Waals surface area contributed by atoms with Crippen LogP contribution in [-0.4, -0.2) is 24.8 Å². The fourth-order valence-corrected chi connectivity index (χ4v) is 1.54. The molecule has 4 heteroatoms. The summed E-state index contributed by atoms with van der Waals surface area (Å²) in [6.07, 6.45) is 3.55. The Morgan fingerprint density at radius 2 is 2.00 bits per heavy atom. The number of aliphatic carboxylic acids is 1. The third kappa shape index (κ3) is 5.78. The van der Waals surface area contributed by atoms with Gasteiger partial charge in [0.15, 0.2) is 11.5 Å². The van der Waals surface area contributed by atoms with Crippen molar-refractivity contribution in [1.82, 2.24) is 0 Å². The number of hydrogen-bond acceptors (Lipinski definition) is 3. The molecule has 1 rings (SSSR count). The fourth-order valence-electron chi connectivity index (χ4n) is 1.54. The molecule has 0 atom stereocenters. The minimum atomic E-state index is -0.977. The quantitative estimate of drug-likeness (QED) is 0.808. The van der Waals surface area contributed by atoms with Crippen LogP contribution in [0.3, 0.4) is 0 Å². The van der Waals surface area contributed by atoms with Gasteiger partial charge in [-0.3, -0.25) is 0 Å². The second kappa shape index (κ2) is 6.98. The number of rotatable bonds is 6. The molecule has 0 spiro atoms. The SMILES string of the molecule is COc1cc(C=CC(=O)O)ccc1OCCC(C)(C)C. The zero-order valence-electron chi connectivity index (χ0n) is 12.5. The third-order valence-corrected chi connectivity index (χ3v) is 2.72. The highest BCUT2D eigenvalue weighted by molar-refractivity contribution is 5.85. The molecule has 1 aromatic carbocycles. The summed E-state index contributed by atoms with van der Waals surface area (Å²) < 4.78 is 11.0. The van der Waals surface area contributed by atoms with E-state index in [1.807, 2.05) is 0 Å². The van der Waals surface area contributed by atoms with Crippen molar-refractivity contribution in [3.63, 3.8) is 0 Å². The molecule has 4 nitrogen and oxygen atoms in total. The van der Waals surface area contributed by atoms with Gasteiger partial charge < -0.3 is 14.6 Å². The number of hydrogen-bond donors (Lipinski definition) is 1. The van der Waals surface area contributed by atoms with E-state index in [1.54, 1.807) is 25.3 Å². The Balaban J connectivity index is 2.75. The first-order valence-electron chi connectivity index (χ1n) is 6.54. The molecule has 0 radical (unpaired) electrons.